The molecule has 0 spiro atoms. The number of benzene rings is 2. The van der Waals surface area contributed by atoms with Crippen LogP contribution in [0, 0.1) is 0 Å². The van der Waals surface area contributed by atoms with Gasteiger partial charge in [-0.1, -0.05) is 34.4 Å². The first-order chi connectivity index (χ1) is 20.0. The van der Waals surface area contributed by atoms with Crippen LogP contribution in [0.4, 0.5) is 23.7 Å². The van der Waals surface area contributed by atoms with E-state index in [-0.39, 0.29) is 36.4 Å². The Morgan fingerprint density at radius 2 is 1.74 bits per heavy atom. The predicted octanol–water partition coefficient (Wildman–Crippen LogP) is 7.99. The zero-order valence-corrected chi connectivity index (χ0v) is 23.6. The molecule has 2 bridgehead atoms. The van der Waals surface area contributed by atoms with Gasteiger partial charge >= 0.3 is 18.2 Å². The van der Waals surface area contributed by atoms with Crippen molar-refractivity contribution in [3.63, 3.8) is 0 Å². The first-order valence-electron chi connectivity index (χ1n) is 13.6. The number of anilines is 1. The number of carbonyl (C=O) groups is 2. The van der Waals surface area contributed by atoms with Crippen LogP contribution in [0.2, 0.25) is 10.0 Å². The smallest absolute Gasteiger partial charge is 0.417 e. The highest BCUT2D eigenvalue weighted by Crippen LogP contribution is 2.47. The third-order valence-corrected chi connectivity index (χ3v) is 8.79. The minimum Gasteiger partial charge on any atom is -0.478 e. The van der Waals surface area contributed by atoms with Crippen molar-refractivity contribution >= 4 is 40.9 Å². The molecular weight excluding hydrogens is 598 g/mol. The lowest BCUT2D eigenvalue weighted by molar-refractivity contribution is -0.138. The van der Waals surface area contributed by atoms with Crippen LogP contribution in [0.25, 0.3) is 11.3 Å². The van der Waals surface area contributed by atoms with E-state index in [4.69, 9.17) is 37.6 Å². The minimum absolute atomic E-state index is 0.124. The maximum Gasteiger partial charge on any atom is 0.417 e. The molecule has 2 N–H and O–H groups in total. The predicted molar refractivity (Wildman–Crippen MR) is 148 cm³/mol. The molecule has 222 valence electrons. The van der Waals surface area contributed by atoms with Crippen molar-refractivity contribution in [2.24, 2.45) is 0 Å². The number of carbonyl (C=O) groups excluding carboxylic acids is 1. The average Bonchev–Trinajstić information content (AvgIpc) is 3.63. The number of piperidine rings is 1. The lowest BCUT2D eigenvalue weighted by Crippen LogP contribution is -2.50. The molecule has 3 atom stereocenters. The number of carboxylic acids is 1. The van der Waals surface area contributed by atoms with Gasteiger partial charge in [0, 0.05) is 34.8 Å². The summed E-state index contributed by atoms with van der Waals surface area (Å²) in [5, 5.41) is 16.9. The van der Waals surface area contributed by atoms with E-state index in [1.54, 1.807) is 23.1 Å². The van der Waals surface area contributed by atoms with Gasteiger partial charge in [-0.2, -0.15) is 13.2 Å². The lowest BCUT2D eigenvalue weighted by Gasteiger charge is -2.38. The van der Waals surface area contributed by atoms with Crippen LogP contribution in [0.1, 0.15) is 71.7 Å². The number of carboxylic acid groups (broad SMARTS) is 1. The van der Waals surface area contributed by atoms with E-state index in [9.17, 15) is 22.8 Å². The Morgan fingerprint density at radius 1 is 1.07 bits per heavy atom. The van der Waals surface area contributed by atoms with Gasteiger partial charge in [-0.15, -0.1) is 0 Å². The second-order valence-corrected chi connectivity index (χ2v) is 11.7. The fourth-order valence-electron chi connectivity index (χ4n) is 6.08. The first kappa shape index (κ1) is 28.8. The number of rotatable bonds is 7. The topological polar surface area (TPSA) is 105 Å². The molecule has 13 heteroatoms. The van der Waals surface area contributed by atoms with Gasteiger partial charge in [0.05, 0.1) is 33.9 Å². The fourth-order valence-corrected chi connectivity index (χ4v) is 6.65. The number of hydrogen-bond donors (Lipinski definition) is 2. The third-order valence-electron chi connectivity index (χ3n) is 8.16. The van der Waals surface area contributed by atoms with Gasteiger partial charge in [0.25, 0.3) is 0 Å². The number of fused-ring (bicyclic) bond motifs is 2. The summed E-state index contributed by atoms with van der Waals surface area (Å²) in [5.41, 5.74) is -0.367. The molecule has 2 saturated heterocycles. The first-order valence-corrected chi connectivity index (χ1v) is 14.3. The number of nitrogens with zero attached hydrogens (tertiary/aromatic N) is 2. The van der Waals surface area contributed by atoms with Crippen molar-refractivity contribution in [3.8, 4) is 11.3 Å². The molecule has 2 amide bonds. The Balaban J connectivity index is 1.14. The average molecular weight is 624 g/mol. The summed E-state index contributed by atoms with van der Waals surface area (Å²) in [4.78, 5) is 26.1. The number of alkyl halides is 3. The molecule has 3 aromatic rings. The van der Waals surface area contributed by atoms with E-state index in [1.807, 2.05) is 0 Å². The molecule has 2 aromatic carbocycles. The molecule has 1 aliphatic carbocycles. The van der Waals surface area contributed by atoms with E-state index < -0.39 is 29.3 Å². The molecule has 1 saturated carbocycles. The molecule has 2 unspecified atom stereocenters. The highest BCUT2D eigenvalue weighted by molar-refractivity contribution is 6.39. The Labute approximate surface area is 248 Å². The third kappa shape index (κ3) is 5.57. The van der Waals surface area contributed by atoms with Gasteiger partial charge in [-0.05, 0) is 68.9 Å². The number of amides is 2. The number of ether oxygens (including phenoxy) is 1. The Hall–Kier alpha value is -3.28. The minimum atomic E-state index is -4.88. The van der Waals surface area contributed by atoms with Crippen molar-refractivity contribution in [1.82, 2.24) is 10.1 Å². The van der Waals surface area contributed by atoms with Gasteiger partial charge in [-0.25, -0.2) is 9.59 Å². The zero-order valence-electron chi connectivity index (χ0n) is 22.1. The number of aromatic carboxylic acids is 1. The highest BCUT2D eigenvalue weighted by atomic mass is 35.5. The van der Waals surface area contributed by atoms with E-state index in [0.29, 0.717) is 40.2 Å². The number of halogens is 5. The lowest BCUT2D eigenvalue weighted by atomic mass is 9.99. The summed E-state index contributed by atoms with van der Waals surface area (Å²) in [7, 11) is 0. The maximum absolute atomic E-state index is 13.4. The van der Waals surface area contributed by atoms with Crippen molar-refractivity contribution in [2.75, 3.05) is 5.32 Å². The van der Waals surface area contributed by atoms with Crippen LogP contribution in [-0.4, -0.2) is 45.4 Å². The summed E-state index contributed by atoms with van der Waals surface area (Å²) < 4.78 is 52.4. The molecule has 3 heterocycles. The number of urea groups is 1. The number of nitrogens with one attached hydrogen (secondary N) is 1. The highest BCUT2D eigenvalue weighted by Gasteiger charge is 2.44. The summed E-state index contributed by atoms with van der Waals surface area (Å²) in [6.45, 7) is 0.235. The SMILES string of the molecule is O=C(O)c1ccc(NC(=O)N2C3CC[C@H]2CC(OCc2c(-c4c(Cl)cccc4Cl)noc2C2CC2)C3)cc1C(F)(F)F. The molecular formula is C29H26Cl2F3N3O5. The van der Waals surface area contributed by atoms with E-state index in [1.165, 1.54) is 0 Å². The molecule has 42 heavy (non-hydrogen) atoms. The fraction of sp³-hybridized carbons (Fsp3) is 0.414. The summed E-state index contributed by atoms with van der Waals surface area (Å²) in [6, 6.07) is 7.05. The van der Waals surface area contributed by atoms with Crippen LogP contribution < -0.4 is 5.32 Å². The van der Waals surface area contributed by atoms with Crippen LogP contribution in [-0.2, 0) is 17.5 Å². The zero-order chi connectivity index (χ0) is 29.8. The largest absolute Gasteiger partial charge is 0.478 e. The molecule has 1 aromatic heterocycles. The molecule has 3 fully saturated rings. The Kier molecular flexibility index (Phi) is 7.61. The van der Waals surface area contributed by atoms with Gasteiger partial charge in [0.1, 0.15) is 11.5 Å². The Bertz CT molecular complexity index is 1510. The maximum atomic E-state index is 13.4. The quantitative estimate of drug-likeness (QED) is 0.276. The van der Waals surface area contributed by atoms with Gasteiger partial charge in [0.15, 0.2) is 0 Å². The standard InChI is InChI=1S/C29H26Cl2F3N3O5/c30-22-2-1-3-23(31)24(22)25-20(26(42-36-25)14-4-5-14)13-41-18-11-16-7-8-17(12-18)37(16)28(40)35-15-6-9-19(27(38)39)21(10-15)29(32,33)34/h1-3,6,9-10,14,16-18H,4-5,7-8,11-13H2,(H,35,40)(H,38,39)/t16-,17?,18?/m0/s1. The van der Waals surface area contributed by atoms with Crippen LogP contribution >= 0.6 is 23.2 Å². The number of aromatic nitrogens is 1. The second kappa shape index (κ2) is 11.1. The van der Waals surface area contributed by atoms with Crippen molar-refractivity contribution in [3.05, 3.63) is 68.9 Å². The molecule has 2 aliphatic heterocycles. The van der Waals surface area contributed by atoms with E-state index in [2.05, 4.69) is 10.5 Å². The van der Waals surface area contributed by atoms with E-state index >= 15 is 0 Å². The van der Waals surface area contributed by atoms with Crippen LogP contribution in [0.15, 0.2) is 40.9 Å². The Morgan fingerprint density at radius 3 is 2.33 bits per heavy atom. The van der Waals surface area contributed by atoms with Gasteiger partial charge in [-0.3, -0.25) is 0 Å². The summed E-state index contributed by atoms with van der Waals surface area (Å²) in [6.07, 6.45) is -0.448. The summed E-state index contributed by atoms with van der Waals surface area (Å²) >= 11 is 12.9. The van der Waals surface area contributed by atoms with Crippen molar-refractivity contribution in [2.45, 2.75) is 75.4 Å². The van der Waals surface area contributed by atoms with Crippen LogP contribution in [0.3, 0.4) is 0 Å². The molecule has 3 aliphatic rings. The normalized spacial score (nSPS) is 21.9. The van der Waals surface area contributed by atoms with Gasteiger partial charge in [0.2, 0.25) is 0 Å². The van der Waals surface area contributed by atoms with E-state index in [0.717, 1.165) is 49.1 Å². The monoisotopic (exact) mass is 623 g/mol. The van der Waals surface area contributed by atoms with Crippen molar-refractivity contribution < 1.29 is 37.1 Å². The second-order valence-electron chi connectivity index (χ2n) is 10.9. The molecule has 8 nitrogen and oxygen atoms in total. The summed E-state index contributed by atoms with van der Waals surface area (Å²) in [5.74, 6) is -0.652. The molecule has 6 rings (SSSR count). The van der Waals surface area contributed by atoms with Crippen molar-refractivity contribution in [1.29, 1.82) is 0 Å². The van der Waals surface area contributed by atoms with Crippen LogP contribution in [0.5, 0.6) is 0 Å². The molecule has 0 radical (unpaired) electrons. The van der Waals surface area contributed by atoms with Gasteiger partial charge < -0.3 is 24.6 Å². The number of hydrogen-bond acceptors (Lipinski definition) is 5.